The molecule has 0 atom stereocenters. The van der Waals surface area contributed by atoms with Crippen molar-refractivity contribution in [2.45, 2.75) is 12.2 Å². The normalized spacial score (nSPS) is 10.3. The minimum Gasteiger partial charge on any atom is -0.444 e. The fraction of sp³-hybridized carbons (Fsp3) is 0.267. The Morgan fingerprint density at radius 3 is 2.96 bits per heavy atom. The number of urea groups is 1. The molecule has 0 aliphatic carbocycles. The molecule has 0 bridgehead atoms. The van der Waals surface area contributed by atoms with Crippen molar-refractivity contribution in [1.82, 2.24) is 15.6 Å². The van der Waals surface area contributed by atoms with Crippen LogP contribution in [-0.4, -0.2) is 29.7 Å². The number of amides is 3. The molecule has 0 unspecified atom stereocenters. The van der Waals surface area contributed by atoms with Gasteiger partial charge in [0, 0.05) is 30.5 Å². The van der Waals surface area contributed by atoms with E-state index in [4.69, 9.17) is 4.42 Å². The summed E-state index contributed by atoms with van der Waals surface area (Å²) in [6.45, 7) is 0. The average molecular weight is 337 g/mol. The second kappa shape index (κ2) is 8.33. The molecule has 0 saturated heterocycles. The Morgan fingerprint density at radius 2 is 2.22 bits per heavy atom. The van der Waals surface area contributed by atoms with Crippen LogP contribution < -0.4 is 10.6 Å². The van der Waals surface area contributed by atoms with Gasteiger partial charge in [-0.1, -0.05) is 6.07 Å². The molecule has 0 radical (unpaired) electrons. The first-order valence-corrected chi connectivity index (χ1v) is 8.03. The minimum absolute atomic E-state index is 0.229. The van der Waals surface area contributed by atoms with Crippen molar-refractivity contribution in [3.05, 3.63) is 42.0 Å². The Morgan fingerprint density at radius 1 is 1.39 bits per heavy atom. The maximum absolute atomic E-state index is 13.2. The van der Waals surface area contributed by atoms with Crippen molar-refractivity contribution in [1.29, 1.82) is 0 Å². The summed E-state index contributed by atoms with van der Waals surface area (Å²) >= 11 is 1.49. The summed E-state index contributed by atoms with van der Waals surface area (Å²) in [7, 11) is 1.44. The maximum atomic E-state index is 13.2. The number of thioether (sulfide) groups is 1. The Bertz CT molecular complexity index is 690. The van der Waals surface area contributed by atoms with E-state index in [1.54, 1.807) is 12.1 Å². The number of hydrogen-bond acceptors (Lipinski definition) is 5. The Hall–Kier alpha value is -2.35. The van der Waals surface area contributed by atoms with E-state index in [2.05, 4.69) is 15.6 Å². The molecule has 2 N–H and O–H groups in total. The molecule has 2 rings (SSSR count). The molecule has 0 aliphatic rings. The van der Waals surface area contributed by atoms with Crippen LogP contribution in [0.1, 0.15) is 12.1 Å². The number of rotatable bonds is 6. The number of halogens is 1. The topological polar surface area (TPSA) is 84.2 Å². The first kappa shape index (κ1) is 17.0. The van der Waals surface area contributed by atoms with Crippen LogP contribution in [0.25, 0.3) is 11.5 Å². The molecule has 0 aliphatic heterocycles. The zero-order valence-electron chi connectivity index (χ0n) is 12.5. The molecule has 1 heterocycles. The van der Waals surface area contributed by atoms with Crippen LogP contribution in [0, 0.1) is 5.82 Å². The van der Waals surface area contributed by atoms with E-state index in [1.807, 2.05) is 0 Å². The van der Waals surface area contributed by atoms with Gasteiger partial charge in [0.25, 0.3) is 0 Å². The summed E-state index contributed by atoms with van der Waals surface area (Å²) < 4.78 is 18.5. The van der Waals surface area contributed by atoms with Gasteiger partial charge in [-0.2, -0.15) is 11.8 Å². The van der Waals surface area contributed by atoms with E-state index in [0.29, 0.717) is 28.7 Å². The van der Waals surface area contributed by atoms with Gasteiger partial charge in [-0.15, -0.1) is 0 Å². The van der Waals surface area contributed by atoms with Gasteiger partial charge in [0.15, 0.2) is 0 Å². The average Bonchev–Trinajstić information content (AvgIpc) is 3.00. The lowest BCUT2D eigenvalue weighted by Gasteiger charge is -2.02. The van der Waals surface area contributed by atoms with Crippen molar-refractivity contribution in [2.24, 2.45) is 0 Å². The molecular formula is C15H16FN3O3S. The quantitative estimate of drug-likeness (QED) is 0.792. The fourth-order valence-electron chi connectivity index (χ4n) is 1.72. The number of carbonyl (C=O) groups is 2. The highest BCUT2D eigenvalue weighted by molar-refractivity contribution is 7.98. The Labute approximate surface area is 136 Å². The van der Waals surface area contributed by atoms with Crippen molar-refractivity contribution in [2.75, 3.05) is 12.8 Å². The van der Waals surface area contributed by atoms with Gasteiger partial charge in [0.05, 0.1) is 5.69 Å². The van der Waals surface area contributed by atoms with Crippen molar-refractivity contribution in [3.8, 4) is 11.5 Å². The van der Waals surface area contributed by atoms with Crippen LogP contribution in [-0.2, 0) is 10.5 Å². The van der Waals surface area contributed by atoms with Crippen LogP contribution in [0.4, 0.5) is 9.18 Å². The standard InChI is InChI=1S/C15H16FN3O3S/c1-17-15(21)19-13(20)5-6-23-9-12-8-22-14(18-12)10-3-2-4-11(16)7-10/h2-4,7-8H,5-6,9H2,1H3,(H2,17,19,20,21). The molecule has 0 fully saturated rings. The molecule has 6 nitrogen and oxygen atoms in total. The van der Waals surface area contributed by atoms with Gasteiger partial charge in [0.2, 0.25) is 11.8 Å². The molecule has 3 amide bonds. The van der Waals surface area contributed by atoms with E-state index in [9.17, 15) is 14.0 Å². The lowest BCUT2D eigenvalue weighted by atomic mass is 10.2. The summed E-state index contributed by atoms with van der Waals surface area (Å²) in [5.74, 6) is 0.783. The van der Waals surface area contributed by atoms with Gasteiger partial charge in [-0.25, -0.2) is 14.2 Å². The van der Waals surface area contributed by atoms with Gasteiger partial charge in [-0.3, -0.25) is 10.1 Å². The monoisotopic (exact) mass is 337 g/mol. The molecule has 2 aromatic rings. The molecule has 8 heteroatoms. The zero-order chi connectivity index (χ0) is 16.7. The van der Waals surface area contributed by atoms with Gasteiger partial charge < -0.3 is 9.73 Å². The van der Waals surface area contributed by atoms with Gasteiger partial charge in [0.1, 0.15) is 12.1 Å². The van der Waals surface area contributed by atoms with Crippen LogP contribution in [0.2, 0.25) is 0 Å². The van der Waals surface area contributed by atoms with Crippen molar-refractivity contribution >= 4 is 23.7 Å². The lowest BCUT2D eigenvalue weighted by Crippen LogP contribution is -2.37. The second-order valence-corrected chi connectivity index (χ2v) is 5.69. The van der Waals surface area contributed by atoms with E-state index < -0.39 is 6.03 Å². The maximum Gasteiger partial charge on any atom is 0.321 e. The van der Waals surface area contributed by atoms with E-state index in [-0.39, 0.29) is 18.1 Å². The lowest BCUT2D eigenvalue weighted by molar-refractivity contribution is -0.119. The molecular weight excluding hydrogens is 321 g/mol. The molecule has 122 valence electrons. The third-order valence-electron chi connectivity index (χ3n) is 2.83. The number of hydrogen-bond donors (Lipinski definition) is 2. The highest BCUT2D eigenvalue weighted by atomic mass is 32.2. The van der Waals surface area contributed by atoms with Crippen molar-refractivity contribution < 1.29 is 18.4 Å². The number of benzene rings is 1. The zero-order valence-corrected chi connectivity index (χ0v) is 13.3. The third kappa shape index (κ3) is 5.41. The molecule has 1 aromatic carbocycles. The first-order valence-electron chi connectivity index (χ1n) is 6.88. The Kier molecular flexibility index (Phi) is 6.16. The molecule has 23 heavy (non-hydrogen) atoms. The van der Waals surface area contributed by atoms with Crippen LogP contribution in [0.5, 0.6) is 0 Å². The SMILES string of the molecule is CNC(=O)NC(=O)CCSCc1coc(-c2cccc(F)c2)n1. The summed E-state index contributed by atoms with van der Waals surface area (Å²) in [5.41, 5.74) is 1.28. The van der Waals surface area contributed by atoms with E-state index in [1.165, 1.54) is 37.2 Å². The summed E-state index contributed by atoms with van der Waals surface area (Å²) in [4.78, 5) is 26.6. The summed E-state index contributed by atoms with van der Waals surface area (Å²) in [5, 5.41) is 4.49. The highest BCUT2D eigenvalue weighted by Crippen LogP contribution is 2.21. The van der Waals surface area contributed by atoms with Crippen LogP contribution in [0.15, 0.2) is 34.9 Å². The van der Waals surface area contributed by atoms with Crippen molar-refractivity contribution in [3.63, 3.8) is 0 Å². The van der Waals surface area contributed by atoms with Gasteiger partial charge >= 0.3 is 6.03 Å². The number of carbonyl (C=O) groups excluding carboxylic acids is 2. The Balaban J connectivity index is 1.77. The largest absolute Gasteiger partial charge is 0.444 e. The predicted octanol–water partition coefficient (Wildman–Crippen LogP) is 2.56. The van der Waals surface area contributed by atoms with E-state index >= 15 is 0 Å². The van der Waals surface area contributed by atoms with Crippen LogP contribution >= 0.6 is 11.8 Å². The number of imide groups is 1. The third-order valence-corrected chi connectivity index (χ3v) is 3.82. The second-order valence-electron chi connectivity index (χ2n) is 4.58. The van der Waals surface area contributed by atoms with E-state index in [0.717, 1.165) is 0 Å². The predicted molar refractivity (Wildman–Crippen MR) is 85.3 cm³/mol. The number of aromatic nitrogens is 1. The summed E-state index contributed by atoms with van der Waals surface area (Å²) in [6.07, 6.45) is 1.74. The fourth-order valence-corrected chi connectivity index (χ4v) is 2.54. The first-order chi connectivity index (χ1) is 11.1. The number of nitrogens with zero attached hydrogens (tertiary/aromatic N) is 1. The smallest absolute Gasteiger partial charge is 0.321 e. The summed E-state index contributed by atoms with van der Waals surface area (Å²) in [6, 6.07) is 5.50. The van der Waals surface area contributed by atoms with Crippen LogP contribution in [0.3, 0.4) is 0 Å². The minimum atomic E-state index is -0.517. The molecule has 0 spiro atoms. The number of oxazole rings is 1. The molecule has 0 saturated carbocycles. The highest BCUT2D eigenvalue weighted by Gasteiger charge is 2.09. The number of nitrogens with one attached hydrogen (secondary N) is 2. The molecule has 1 aromatic heterocycles. The van der Waals surface area contributed by atoms with Gasteiger partial charge in [-0.05, 0) is 18.2 Å².